The molecule has 1 aliphatic carbocycles. The molecule has 0 aliphatic heterocycles. The van der Waals surface area contributed by atoms with Gasteiger partial charge in [0, 0.05) is 6.04 Å². The molecule has 0 aromatic heterocycles. The molecule has 0 aromatic carbocycles. The van der Waals surface area contributed by atoms with E-state index in [4.69, 9.17) is 0 Å². The molecule has 0 spiro atoms. The number of aldehydes is 1. The van der Waals surface area contributed by atoms with E-state index in [9.17, 15) is 4.79 Å². The summed E-state index contributed by atoms with van der Waals surface area (Å²) in [5.41, 5.74) is 0. The van der Waals surface area contributed by atoms with Crippen molar-refractivity contribution >= 4 is 6.29 Å². The SMILES string of the molecule is C[C@@H](C=O)NC1CC1. The van der Waals surface area contributed by atoms with E-state index < -0.39 is 0 Å². The number of carbonyl (C=O) groups excluding carboxylic acids is 1. The highest BCUT2D eigenvalue weighted by Gasteiger charge is 2.21. The fraction of sp³-hybridized carbons (Fsp3) is 0.833. The van der Waals surface area contributed by atoms with Gasteiger partial charge in [0.05, 0.1) is 6.04 Å². The van der Waals surface area contributed by atoms with Crippen molar-refractivity contribution < 1.29 is 4.79 Å². The number of hydrogen-bond donors (Lipinski definition) is 1. The lowest BCUT2D eigenvalue weighted by atomic mass is 10.4. The van der Waals surface area contributed by atoms with E-state index in [1.165, 1.54) is 12.8 Å². The number of hydrogen-bond acceptors (Lipinski definition) is 2. The highest BCUT2D eigenvalue weighted by atomic mass is 16.1. The maximum absolute atomic E-state index is 10.0. The smallest absolute Gasteiger partial charge is 0.136 e. The minimum atomic E-state index is 0.0579. The van der Waals surface area contributed by atoms with Crippen LogP contribution in [-0.4, -0.2) is 18.4 Å². The summed E-state index contributed by atoms with van der Waals surface area (Å²) < 4.78 is 0. The molecule has 0 heterocycles. The van der Waals surface area contributed by atoms with E-state index in [2.05, 4.69) is 5.32 Å². The van der Waals surface area contributed by atoms with E-state index in [0.29, 0.717) is 6.04 Å². The Balaban J connectivity index is 2.06. The van der Waals surface area contributed by atoms with Crippen molar-refractivity contribution in [2.75, 3.05) is 0 Å². The van der Waals surface area contributed by atoms with Gasteiger partial charge in [-0.1, -0.05) is 0 Å². The second-order valence-electron chi connectivity index (χ2n) is 2.37. The molecule has 0 unspecified atom stereocenters. The van der Waals surface area contributed by atoms with E-state index in [0.717, 1.165) is 6.29 Å². The summed E-state index contributed by atoms with van der Waals surface area (Å²) in [5, 5.41) is 3.14. The standard InChI is InChI=1S/C6H11NO/c1-5(4-8)7-6-2-3-6/h4-7H,2-3H2,1H3/t5-/m0/s1. The Labute approximate surface area is 49.3 Å². The van der Waals surface area contributed by atoms with Crippen molar-refractivity contribution in [1.29, 1.82) is 0 Å². The molecule has 1 saturated carbocycles. The maximum Gasteiger partial charge on any atom is 0.136 e. The highest BCUT2D eigenvalue weighted by molar-refractivity contribution is 5.56. The first-order valence-corrected chi connectivity index (χ1v) is 3.04. The van der Waals surface area contributed by atoms with E-state index in [-0.39, 0.29) is 6.04 Å². The Morgan fingerprint density at radius 1 is 1.75 bits per heavy atom. The molecule has 1 fully saturated rings. The van der Waals surface area contributed by atoms with Gasteiger partial charge in [-0.15, -0.1) is 0 Å². The van der Waals surface area contributed by atoms with Gasteiger partial charge in [0.1, 0.15) is 6.29 Å². The van der Waals surface area contributed by atoms with Gasteiger partial charge in [-0.2, -0.15) is 0 Å². The minimum absolute atomic E-state index is 0.0579. The fourth-order valence-electron chi connectivity index (χ4n) is 0.661. The summed E-state index contributed by atoms with van der Waals surface area (Å²) in [5.74, 6) is 0. The molecular weight excluding hydrogens is 102 g/mol. The molecule has 0 bridgehead atoms. The molecule has 1 N–H and O–H groups in total. The Morgan fingerprint density at radius 2 is 2.38 bits per heavy atom. The average Bonchev–Trinajstić information content (AvgIpc) is 2.50. The van der Waals surface area contributed by atoms with Crippen molar-refractivity contribution in [3.05, 3.63) is 0 Å². The summed E-state index contributed by atoms with van der Waals surface area (Å²) >= 11 is 0. The number of nitrogens with one attached hydrogen (secondary N) is 1. The molecule has 1 aliphatic rings. The lowest BCUT2D eigenvalue weighted by molar-refractivity contribution is -0.109. The molecule has 0 amide bonds. The van der Waals surface area contributed by atoms with Crippen LogP contribution in [-0.2, 0) is 4.79 Å². The van der Waals surface area contributed by atoms with Gasteiger partial charge in [0.2, 0.25) is 0 Å². The number of rotatable bonds is 3. The van der Waals surface area contributed by atoms with Gasteiger partial charge in [0.15, 0.2) is 0 Å². The molecular formula is C6H11NO. The lowest BCUT2D eigenvalue weighted by Gasteiger charge is -2.01. The van der Waals surface area contributed by atoms with Crippen LogP contribution in [0.1, 0.15) is 19.8 Å². The van der Waals surface area contributed by atoms with Crippen molar-refractivity contribution in [2.24, 2.45) is 0 Å². The summed E-state index contributed by atoms with van der Waals surface area (Å²) in [7, 11) is 0. The number of carbonyl (C=O) groups is 1. The van der Waals surface area contributed by atoms with Crippen LogP contribution in [0.25, 0.3) is 0 Å². The zero-order chi connectivity index (χ0) is 5.98. The van der Waals surface area contributed by atoms with Crippen LogP contribution in [0.15, 0.2) is 0 Å². The molecule has 2 nitrogen and oxygen atoms in total. The summed E-state index contributed by atoms with van der Waals surface area (Å²) in [6.07, 6.45) is 3.44. The van der Waals surface area contributed by atoms with Gasteiger partial charge in [-0.3, -0.25) is 0 Å². The van der Waals surface area contributed by atoms with Crippen LogP contribution < -0.4 is 5.32 Å². The predicted molar refractivity (Wildman–Crippen MR) is 31.7 cm³/mol. The van der Waals surface area contributed by atoms with Gasteiger partial charge >= 0.3 is 0 Å². The van der Waals surface area contributed by atoms with Gasteiger partial charge < -0.3 is 10.1 Å². The lowest BCUT2D eigenvalue weighted by Crippen LogP contribution is -2.28. The second-order valence-corrected chi connectivity index (χ2v) is 2.37. The fourth-order valence-corrected chi connectivity index (χ4v) is 0.661. The zero-order valence-electron chi connectivity index (χ0n) is 5.05. The largest absolute Gasteiger partial charge is 0.305 e. The second kappa shape index (κ2) is 2.27. The van der Waals surface area contributed by atoms with Crippen molar-refractivity contribution in [3.8, 4) is 0 Å². The van der Waals surface area contributed by atoms with E-state index >= 15 is 0 Å². The van der Waals surface area contributed by atoms with Gasteiger partial charge in [-0.05, 0) is 19.8 Å². The third-order valence-corrected chi connectivity index (χ3v) is 1.28. The molecule has 2 heteroatoms. The van der Waals surface area contributed by atoms with E-state index in [1.54, 1.807) is 0 Å². The summed E-state index contributed by atoms with van der Waals surface area (Å²) in [4.78, 5) is 10.0. The monoisotopic (exact) mass is 113 g/mol. The van der Waals surface area contributed by atoms with Gasteiger partial charge in [0.25, 0.3) is 0 Å². The van der Waals surface area contributed by atoms with E-state index in [1.807, 2.05) is 6.92 Å². The van der Waals surface area contributed by atoms with Crippen LogP contribution >= 0.6 is 0 Å². The van der Waals surface area contributed by atoms with Crippen molar-refractivity contribution in [3.63, 3.8) is 0 Å². The summed E-state index contributed by atoms with van der Waals surface area (Å²) in [6.45, 7) is 1.88. The Kier molecular flexibility index (Phi) is 1.63. The minimum Gasteiger partial charge on any atom is -0.305 e. The van der Waals surface area contributed by atoms with Crippen LogP contribution in [0.5, 0.6) is 0 Å². The first-order valence-electron chi connectivity index (χ1n) is 3.04. The Bertz CT molecular complexity index is 88.5. The normalized spacial score (nSPS) is 22.6. The van der Waals surface area contributed by atoms with Crippen LogP contribution in [0.4, 0.5) is 0 Å². The van der Waals surface area contributed by atoms with Crippen molar-refractivity contribution in [1.82, 2.24) is 5.32 Å². The van der Waals surface area contributed by atoms with Crippen molar-refractivity contribution in [2.45, 2.75) is 31.8 Å². The topological polar surface area (TPSA) is 29.1 Å². The molecule has 46 valence electrons. The molecule has 8 heavy (non-hydrogen) atoms. The molecule has 1 rings (SSSR count). The Morgan fingerprint density at radius 3 is 2.75 bits per heavy atom. The van der Waals surface area contributed by atoms with Gasteiger partial charge in [-0.25, -0.2) is 0 Å². The zero-order valence-corrected chi connectivity index (χ0v) is 5.05. The summed E-state index contributed by atoms with van der Waals surface area (Å²) in [6, 6.07) is 0.706. The first-order chi connectivity index (χ1) is 3.83. The molecule has 0 saturated heterocycles. The average molecular weight is 113 g/mol. The highest BCUT2D eigenvalue weighted by Crippen LogP contribution is 2.18. The van der Waals surface area contributed by atoms with Crippen LogP contribution in [0.3, 0.4) is 0 Å². The third-order valence-electron chi connectivity index (χ3n) is 1.28. The molecule has 1 atom stereocenters. The Hall–Kier alpha value is -0.370. The third kappa shape index (κ3) is 1.62. The quantitative estimate of drug-likeness (QED) is 0.534. The maximum atomic E-state index is 10.0. The van der Waals surface area contributed by atoms with Crippen LogP contribution in [0.2, 0.25) is 0 Å². The van der Waals surface area contributed by atoms with Crippen LogP contribution in [0, 0.1) is 0 Å². The first kappa shape index (κ1) is 5.76. The predicted octanol–water partition coefficient (Wildman–Crippen LogP) is 0.326. The molecule has 0 aromatic rings. The molecule has 0 radical (unpaired) electrons.